The van der Waals surface area contributed by atoms with Gasteiger partial charge in [-0.25, -0.2) is 0 Å². The van der Waals surface area contributed by atoms with Gasteiger partial charge in [-0.2, -0.15) is 0 Å². The summed E-state index contributed by atoms with van der Waals surface area (Å²) in [6, 6.07) is 17.6. The van der Waals surface area contributed by atoms with E-state index in [9.17, 15) is 0 Å². The van der Waals surface area contributed by atoms with E-state index in [4.69, 9.17) is 14.7 Å². The molecule has 0 fully saturated rings. The van der Waals surface area contributed by atoms with Gasteiger partial charge in [-0.3, -0.25) is 0 Å². The zero-order valence-corrected chi connectivity index (χ0v) is 9.58. The molecule has 0 unspecified atom stereocenters. The van der Waals surface area contributed by atoms with Crippen LogP contribution in [0.1, 0.15) is 0 Å². The summed E-state index contributed by atoms with van der Waals surface area (Å²) < 4.78 is 4.85. The Labute approximate surface area is 104 Å². The van der Waals surface area contributed by atoms with Crippen molar-refractivity contribution in [2.24, 2.45) is 0 Å². The third-order valence-corrected chi connectivity index (χ3v) is 2.96. The minimum absolute atomic E-state index is 0.438. The molecule has 3 aromatic carbocycles. The molecule has 0 amide bonds. The van der Waals surface area contributed by atoms with Crippen LogP contribution in [0.3, 0.4) is 0 Å². The van der Waals surface area contributed by atoms with E-state index in [1.54, 1.807) is 12.1 Å². The van der Waals surface area contributed by atoms with E-state index in [-0.39, 0.29) is 0 Å². The minimum Gasteiger partial charge on any atom is -0.512 e. The second kappa shape index (κ2) is 4.33. The Balaban J connectivity index is 2.21. The molecule has 0 saturated carbocycles. The van der Waals surface area contributed by atoms with Gasteiger partial charge in [0, 0.05) is 0 Å². The Kier molecular flexibility index (Phi) is 2.66. The minimum atomic E-state index is -1.79. The Bertz CT molecular complexity index is 710. The van der Waals surface area contributed by atoms with Crippen LogP contribution in [0.2, 0.25) is 0 Å². The van der Waals surface area contributed by atoms with Crippen LogP contribution in [0.4, 0.5) is 0 Å². The van der Waals surface area contributed by atoms with Crippen LogP contribution in [0, 0.1) is 0 Å². The van der Waals surface area contributed by atoms with Gasteiger partial charge in [0.15, 0.2) is 0 Å². The predicted molar refractivity (Wildman–Crippen MR) is 72.3 cm³/mol. The van der Waals surface area contributed by atoms with E-state index in [1.807, 2.05) is 30.3 Å². The molecule has 0 radical (unpaired) electrons. The number of fused-ring (bicyclic) bond motifs is 3. The van der Waals surface area contributed by atoms with E-state index in [1.165, 1.54) is 10.8 Å². The molecule has 88 valence electrons. The van der Waals surface area contributed by atoms with Gasteiger partial charge >= 0.3 is 7.32 Å². The first kappa shape index (κ1) is 11.1. The molecule has 0 spiro atoms. The maximum absolute atomic E-state index is 8.78. The molecule has 0 heterocycles. The maximum Gasteiger partial charge on any atom is 0.707 e. The van der Waals surface area contributed by atoms with Crippen molar-refractivity contribution in [1.29, 1.82) is 0 Å². The molecule has 0 aliphatic rings. The highest BCUT2D eigenvalue weighted by Gasteiger charge is 2.11. The Hall–Kier alpha value is -2.04. The fourth-order valence-corrected chi connectivity index (χ4v) is 2.19. The highest BCUT2D eigenvalue weighted by molar-refractivity contribution is 6.33. The molecule has 0 saturated heterocycles. The summed E-state index contributed by atoms with van der Waals surface area (Å²) in [4.78, 5) is 0. The first-order valence-electron chi connectivity index (χ1n) is 5.68. The average Bonchev–Trinajstić information content (AvgIpc) is 2.37. The summed E-state index contributed by atoms with van der Waals surface area (Å²) in [5.74, 6) is 0.438. The average molecular weight is 238 g/mol. The summed E-state index contributed by atoms with van der Waals surface area (Å²) >= 11 is 0. The second-order valence-electron chi connectivity index (χ2n) is 4.11. The molecule has 2 N–H and O–H groups in total. The van der Waals surface area contributed by atoms with Gasteiger partial charge in [-0.15, -0.1) is 0 Å². The molecule has 3 aromatic rings. The lowest BCUT2D eigenvalue weighted by Gasteiger charge is -2.08. The Morgan fingerprint density at radius 1 is 0.778 bits per heavy atom. The number of hydrogen-bond acceptors (Lipinski definition) is 3. The van der Waals surface area contributed by atoms with Crippen LogP contribution in [0.25, 0.3) is 21.5 Å². The molecule has 3 rings (SSSR count). The molecule has 0 aromatic heterocycles. The van der Waals surface area contributed by atoms with Gasteiger partial charge < -0.3 is 14.7 Å². The molecular formula is C14H11BO3. The van der Waals surface area contributed by atoms with E-state index < -0.39 is 7.32 Å². The van der Waals surface area contributed by atoms with Crippen LogP contribution in [0.5, 0.6) is 5.75 Å². The van der Waals surface area contributed by atoms with E-state index >= 15 is 0 Å². The van der Waals surface area contributed by atoms with Crippen molar-refractivity contribution >= 4 is 28.9 Å². The predicted octanol–water partition coefficient (Wildman–Crippen LogP) is 2.34. The lowest BCUT2D eigenvalue weighted by molar-refractivity contribution is 0.288. The van der Waals surface area contributed by atoms with Crippen molar-refractivity contribution in [3.63, 3.8) is 0 Å². The topological polar surface area (TPSA) is 49.7 Å². The largest absolute Gasteiger partial charge is 0.707 e. The van der Waals surface area contributed by atoms with Crippen LogP contribution in [0.15, 0.2) is 54.6 Å². The Morgan fingerprint density at radius 2 is 1.50 bits per heavy atom. The van der Waals surface area contributed by atoms with Gasteiger partial charge in [0.05, 0.1) is 0 Å². The zero-order valence-electron chi connectivity index (χ0n) is 9.58. The molecular weight excluding hydrogens is 227 g/mol. The highest BCUT2D eigenvalue weighted by Crippen LogP contribution is 2.28. The van der Waals surface area contributed by atoms with E-state index in [0.717, 1.165) is 10.8 Å². The summed E-state index contributed by atoms with van der Waals surface area (Å²) in [5.41, 5.74) is 0. The zero-order chi connectivity index (χ0) is 12.5. The van der Waals surface area contributed by atoms with Gasteiger partial charge in [0.2, 0.25) is 0 Å². The quantitative estimate of drug-likeness (QED) is 0.532. The van der Waals surface area contributed by atoms with Crippen molar-refractivity contribution in [3.8, 4) is 5.75 Å². The van der Waals surface area contributed by atoms with Crippen LogP contribution < -0.4 is 4.65 Å². The monoisotopic (exact) mass is 238 g/mol. The van der Waals surface area contributed by atoms with Crippen molar-refractivity contribution in [3.05, 3.63) is 54.6 Å². The lowest BCUT2D eigenvalue weighted by atomic mass is 10.0. The first-order valence-corrected chi connectivity index (χ1v) is 5.68. The van der Waals surface area contributed by atoms with E-state index in [2.05, 4.69) is 12.1 Å². The fraction of sp³-hybridized carbons (Fsp3) is 0. The number of hydrogen-bond donors (Lipinski definition) is 2. The van der Waals surface area contributed by atoms with Gasteiger partial charge in [0.25, 0.3) is 0 Å². The third kappa shape index (κ3) is 1.92. The van der Waals surface area contributed by atoms with Crippen LogP contribution in [-0.2, 0) is 0 Å². The maximum atomic E-state index is 8.78. The standard InChI is InChI=1S/C14H11BO3/c16-15(17)18-12-7-8-14-11(9-12)6-5-10-3-1-2-4-13(10)14/h1-9,16-17H. The lowest BCUT2D eigenvalue weighted by Crippen LogP contribution is -2.20. The normalized spacial score (nSPS) is 10.8. The van der Waals surface area contributed by atoms with Crippen molar-refractivity contribution in [2.75, 3.05) is 0 Å². The van der Waals surface area contributed by atoms with Crippen molar-refractivity contribution in [1.82, 2.24) is 0 Å². The molecule has 4 heteroatoms. The molecule has 3 nitrogen and oxygen atoms in total. The van der Waals surface area contributed by atoms with Gasteiger partial charge in [0.1, 0.15) is 5.75 Å². The molecule has 0 bridgehead atoms. The second-order valence-corrected chi connectivity index (χ2v) is 4.11. The van der Waals surface area contributed by atoms with Crippen LogP contribution >= 0.6 is 0 Å². The third-order valence-electron chi connectivity index (χ3n) is 2.96. The molecule has 0 atom stereocenters. The summed E-state index contributed by atoms with van der Waals surface area (Å²) in [7, 11) is -1.79. The SMILES string of the molecule is OB(O)Oc1ccc2c(ccc3ccccc32)c1. The number of benzene rings is 3. The van der Waals surface area contributed by atoms with Crippen molar-refractivity contribution < 1.29 is 14.7 Å². The summed E-state index contributed by atoms with van der Waals surface area (Å²) in [5, 5.41) is 22.0. The fourth-order valence-electron chi connectivity index (χ4n) is 2.19. The number of rotatable bonds is 2. The van der Waals surface area contributed by atoms with Gasteiger partial charge in [-0.1, -0.05) is 42.5 Å². The highest BCUT2D eigenvalue weighted by atomic mass is 16.6. The van der Waals surface area contributed by atoms with Crippen molar-refractivity contribution in [2.45, 2.75) is 0 Å². The first-order chi connectivity index (χ1) is 8.74. The molecule has 0 aliphatic carbocycles. The smallest absolute Gasteiger partial charge is 0.512 e. The van der Waals surface area contributed by atoms with E-state index in [0.29, 0.717) is 5.75 Å². The molecule has 18 heavy (non-hydrogen) atoms. The van der Waals surface area contributed by atoms with Crippen LogP contribution in [-0.4, -0.2) is 17.4 Å². The summed E-state index contributed by atoms with van der Waals surface area (Å²) in [6.07, 6.45) is 0. The summed E-state index contributed by atoms with van der Waals surface area (Å²) in [6.45, 7) is 0. The Morgan fingerprint density at radius 3 is 2.33 bits per heavy atom. The van der Waals surface area contributed by atoms with Gasteiger partial charge in [-0.05, 0) is 33.7 Å². The molecule has 0 aliphatic heterocycles.